The van der Waals surface area contributed by atoms with Crippen LogP contribution in [0.4, 0.5) is 0 Å². The standard InChI is InChI=1S/C30H57NO5S5.C3H8/c1-22(2)26(33)31-14-11-17-40-41-18-13-29(7,8)39-21-24(4)27(34)36-28(5,6)12-15-35-30(9,10)25(32)23(3)20-38-19-16-37;1-3-2/h22-24,37H,11-21H2,1-10H3,(H,31,33);3H2,1-2H3. The second kappa shape index (κ2) is 25.4. The van der Waals surface area contributed by atoms with Gasteiger partial charge in [0.05, 0.1) is 12.5 Å². The number of carbonyl (C=O) groups is 3. The van der Waals surface area contributed by atoms with Gasteiger partial charge in [-0.25, -0.2) is 0 Å². The molecular weight excluding hydrogens is 651 g/mol. The minimum absolute atomic E-state index is 0.0366. The van der Waals surface area contributed by atoms with Gasteiger partial charge in [-0.2, -0.15) is 36.2 Å². The molecule has 6 nitrogen and oxygen atoms in total. The zero-order valence-corrected chi connectivity index (χ0v) is 34.0. The fraction of sp³-hybridized carbons (Fsp3) is 0.909. The number of ketones is 1. The van der Waals surface area contributed by atoms with Crippen LogP contribution in [-0.4, -0.2) is 81.3 Å². The summed E-state index contributed by atoms with van der Waals surface area (Å²) in [4.78, 5) is 37.3. The quantitative estimate of drug-likeness (QED) is 0.0441. The minimum Gasteiger partial charge on any atom is -0.459 e. The molecule has 1 N–H and O–H groups in total. The van der Waals surface area contributed by atoms with E-state index in [0.29, 0.717) is 18.8 Å². The van der Waals surface area contributed by atoms with E-state index >= 15 is 0 Å². The van der Waals surface area contributed by atoms with Gasteiger partial charge < -0.3 is 14.8 Å². The molecule has 0 aromatic carbocycles. The molecular formula is C33H65NO5S5. The summed E-state index contributed by atoms with van der Waals surface area (Å²) >= 11 is 7.77. The molecule has 0 fully saturated rings. The van der Waals surface area contributed by atoms with E-state index in [1.54, 1.807) is 11.8 Å². The molecule has 0 aliphatic rings. The number of ether oxygens (including phenoxy) is 2. The molecule has 0 radical (unpaired) electrons. The summed E-state index contributed by atoms with van der Waals surface area (Å²) < 4.78 is 11.9. The lowest BCUT2D eigenvalue weighted by atomic mass is 9.94. The number of Topliss-reactive ketones (excluding diaryl/α,β-unsaturated/α-hetero) is 1. The molecule has 0 spiro atoms. The van der Waals surface area contributed by atoms with E-state index in [1.807, 2.05) is 88.7 Å². The molecule has 0 aromatic heterocycles. The van der Waals surface area contributed by atoms with Gasteiger partial charge in [-0.3, -0.25) is 14.4 Å². The molecule has 11 heteroatoms. The van der Waals surface area contributed by atoms with Gasteiger partial charge in [0, 0.05) is 58.3 Å². The smallest absolute Gasteiger partial charge is 0.310 e. The van der Waals surface area contributed by atoms with Crippen LogP contribution in [0.25, 0.3) is 0 Å². The Hall–Kier alpha value is 0.320. The van der Waals surface area contributed by atoms with E-state index in [0.717, 1.165) is 48.2 Å². The Bertz CT molecular complexity index is 793. The topological polar surface area (TPSA) is 81.7 Å². The average Bonchev–Trinajstić information content (AvgIpc) is 2.92. The van der Waals surface area contributed by atoms with Crippen LogP contribution >= 0.6 is 57.7 Å². The maximum Gasteiger partial charge on any atom is 0.310 e. The van der Waals surface area contributed by atoms with Crippen LogP contribution in [0.2, 0.25) is 0 Å². The van der Waals surface area contributed by atoms with E-state index in [9.17, 15) is 14.4 Å². The number of thioether (sulfide) groups is 2. The van der Waals surface area contributed by atoms with Crippen molar-refractivity contribution in [1.82, 2.24) is 5.32 Å². The Kier molecular flexibility index (Phi) is 26.8. The second-order valence-electron chi connectivity index (χ2n) is 13.2. The van der Waals surface area contributed by atoms with Gasteiger partial charge in [-0.15, -0.1) is 0 Å². The SMILES string of the molecule is CC(C)C(=O)NCCCSSCCC(C)(C)SCC(C)C(=O)OC(C)(C)CCOC(C)(C)C(=O)C(C)CSCCS.CCC. The third-order valence-electron chi connectivity index (χ3n) is 6.41. The molecule has 0 saturated heterocycles. The summed E-state index contributed by atoms with van der Waals surface area (Å²) in [5, 5.41) is 2.95. The number of thiol groups is 1. The van der Waals surface area contributed by atoms with Crippen molar-refractivity contribution >= 4 is 75.4 Å². The van der Waals surface area contributed by atoms with Gasteiger partial charge >= 0.3 is 5.97 Å². The summed E-state index contributed by atoms with van der Waals surface area (Å²) in [6.45, 7) is 24.9. The van der Waals surface area contributed by atoms with E-state index < -0.39 is 11.2 Å². The Balaban J connectivity index is 0. The highest BCUT2D eigenvalue weighted by molar-refractivity contribution is 8.76. The van der Waals surface area contributed by atoms with Crippen molar-refractivity contribution in [1.29, 1.82) is 0 Å². The number of esters is 1. The highest BCUT2D eigenvalue weighted by Gasteiger charge is 2.34. The van der Waals surface area contributed by atoms with Crippen LogP contribution in [0.15, 0.2) is 0 Å². The van der Waals surface area contributed by atoms with Gasteiger partial charge in [0.1, 0.15) is 11.2 Å². The van der Waals surface area contributed by atoms with E-state index in [1.165, 1.54) is 6.42 Å². The first-order valence-corrected chi connectivity index (χ1v) is 21.4. The molecule has 0 bridgehead atoms. The van der Waals surface area contributed by atoms with Gasteiger partial charge in [-0.1, -0.05) is 83.4 Å². The highest BCUT2D eigenvalue weighted by Crippen LogP contribution is 2.34. The first kappa shape index (κ1) is 46.4. The first-order valence-electron chi connectivity index (χ1n) is 16.1. The molecule has 1 amide bonds. The third-order valence-corrected chi connectivity index (χ3v) is 12.3. The van der Waals surface area contributed by atoms with Crippen LogP contribution < -0.4 is 5.32 Å². The van der Waals surface area contributed by atoms with Crippen molar-refractivity contribution in [3.05, 3.63) is 0 Å². The van der Waals surface area contributed by atoms with Gasteiger partial charge in [0.2, 0.25) is 5.91 Å². The number of hydrogen-bond donors (Lipinski definition) is 2. The van der Waals surface area contributed by atoms with Crippen molar-refractivity contribution < 1.29 is 23.9 Å². The van der Waals surface area contributed by atoms with Crippen molar-refractivity contribution in [2.75, 3.05) is 47.7 Å². The molecule has 0 aliphatic heterocycles. The second-order valence-corrected chi connectivity index (χ2v) is 19.3. The van der Waals surface area contributed by atoms with Crippen molar-refractivity contribution in [2.24, 2.45) is 17.8 Å². The molecule has 2 atom stereocenters. The molecule has 0 aliphatic carbocycles. The maximum atomic E-state index is 12.9. The maximum absolute atomic E-state index is 12.9. The van der Waals surface area contributed by atoms with Crippen molar-refractivity contribution in [2.45, 2.75) is 125 Å². The fourth-order valence-electron chi connectivity index (χ4n) is 3.48. The Morgan fingerprint density at radius 3 is 2.00 bits per heavy atom. The first-order chi connectivity index (χ1) is 20.4. The summed E-state index contributed by atoms with van der Waals surface area (Å²) in [5.74, 6) is 5.01. The number of carbonyl (C=O) groups excluding carboxylic acids is 3. The molecule has 2 unspecified atom stereocenters. The largest absolute Gasteiger partial charge is 0.459 e. The molecule has 0 aromatic rings. The summed E-state index contributed by atoms with van der Waals surface area (Å²) in [5.41, 5.74) is -1.55. The lowest BCUT2D eigenvalue weighted by Gasteiger charge is -2.31. The lowest BCUT2D eigenvalue weighted by Crippen LogP contribution is -2.41. The van der Waals surface area contributed by atoms with Crippen LogP contribution in [-0.2, 0) is 23.9 Å². The zero-order chi connectivity index (χ0) is 34.4. The molecule has 44 heavy (non-hydrogen) atoms. The molecule has 0 saturated carbocycles. The summed E-state index contributed by atoms with van der Waals surface area (Å²) in [7, 11) is 3.73. The minimum atomic E-state index is -0.877. The van der Waals surface area contributed by atoms with Crippen LogP contribution in [0.3, 0.4) is 0 Å². The number of hydrogen-bond acceptors (Lipinski definition) is 10. The zero-order valence-electron chi connectivity index (χ0n) is 29.8. The lowest BCUT2D eigenvalue weighted by molar-refractivity contribution is -0.164. The summed E-state index contributed by atoms with van der Waals surface area (Å²) in [6, 6.07) is 0. The predicted octanol–water partition coefficient (Wildman–Crippen LogP) is 8.86. The Morgan fingerprint density at radius 2 is 1.43 bits per heavy atom. The normalized spacial score (nSPS) is 13.6. The van der Waals surface area contributed by atoms with Crippen LogP contribution in [0.5, 0.6) is 0 Å². The van der Waals surface area contributed by atoms with Crippen molar-refractivity contribution in [3.8, 4) is 0 Å². The van der Waals surface area contributed by atoms with E-state index in [4.69, 9.17) is 9.47 Å². The Labute approximate surface area is 293 Å². The molecule has 0 rings (SSSR count). The van der Waals surface area contributed by atoms with Crippen molar-refractivity contribution in [3.63, 3.8) is 0 Å². The van der Waals surface area contributed by atoms with Gasteiger partial charge in [-0.05, 0) is 46.3 Å². The predicted molar refractivity (Wildman–Crippen MR) is 204 cm³/mol. The monoisotopic (exact) mass is 715 g/mol. The average molecular weight is 716 g/mol. The number of amides is 1. The molecule has 0 heterocycles. The van der Waals surface area contributed by atoms with Gasteiger partial charge in [0.15, 0.2) is 5.78 Å². The van der Waals surface area contributed by atoms with Gasteiger partial charge in [0.25, 0.3) is 0 Å². The van der Waals surface area contributed by atoms with E-state index in [-0.39, 0.29) is 40.2 Å². The summed E-state index contributed by atoms with van der Waals surface area (Å²) in [6.07, 6.45) is 3.79. The highest BCUT2D eigenvalue weighted by atomic mass is 33.1. The Morgan fingerprint density at radius 1 is 0.841 bits per heavy atom. The fourth-order valence-corrected chi connectivity index (χ4v) is 8.29. The van der Waals surface area contributed by atoms with Crippen LogP contribution in [0, 0.1) is 17.8 Å². The third kappa shape index (κ3) is 24.5. The number of rotatable bonds is 24. The molecule has 262 valence electrons. The number of nitrogens with one attached hydrogen (secondary N) is 1. The van der Waals surface area contributed by atoms with Crippen LogP contribution in [0.1, 0.15) is 109 Å². The van der Waals surface area contributed by atoms with E-state index in [2.05, 4.69) is 45.6 Å².